The Hall–Kier alpha value is -2.33. The first-order valence-electron chi connectivity index (χ1n) is 13.4. The van der Waals surface area contributed by atoms with Gasteiger partial charge in [0, 0.05) is 47.1 Å². The highest BCUT2D eigenvalue weighted by Crippen LogP contribution is 2.48. The van der Waals surface area contributed by atoms with Crippen molar-refractivity contribution in [2.24, 2.45) is 5.41 Å². The number of aromatic nitrogens is 2. The van der Waals surface area contributed by atoms with Crippen LogP contribution in [0.15, 0.2) is 24.0 Å². The number of thioether (sulfide) groups is 1. The molecule has 1 aliphatic heterocycles. The molecule has 1 aromatic heterocycles. The Labute approximate surface area is 240 Å². The molecule has 8 nitrogen and oxygen atoms in total. The topological polar surface area (TPSA) is 115 Å². The largest absolute Gasteiger partial charge is 0.512 e. The van der Waals surface area contributed by atoms with E-state index in [-0.39, 0.29) is 18.1 Å². The normalized spacial score (nSPS) is 18.5. The summed E-state index contributed by atoms with van der Waals surface area (Å²) < 4.78 is 5.82. The predicted octanol–water partition coefficient (Wildman–Crippen LogP) is 5.51. The third-order valence-corrected chi connectivity index (χ3v) is 9.30. The molecule has 2 aliphatic rings. The summed E-state index contributed by atoms with van der Waals surface area (Å²) in [4.78, 5) is 12.1. The standard InChI is InChI=1S/C29H40ClN5O3S/c1-17-26(25(18(2)31)19(3)36)33-27(23-12-21(6-7-24(23)30)38-14-20(37)13-32-4)34-28(17)35-15-29(16-35)10-8-22(39-5)9-11-29/h6-7,12,20,22,31-32,36-37H,8-11,13-16H2,1-5H3/b25-19+,31-18?/t20-/m1/s1. The van der Waals surface area contributed by atoms with Crippen LogP contribution in [0.25, 0.3) is 17.0 Å². The number of halogens is 1. The van der Waals surface area contributed by atoms with Gasteiger partial charge in [0.05, 0.1) is 16.3 Å². The molecule has 4 rings (SSSR count). The number of hydrogen-bond donors (Lipinski definition) is 4. The maximum atomic E-state index is 10.5. The zero-order valence-corrected chi connectivity index (χ0v) is 25.0. The summed E-state index contributed by atoms with van der Waals surface area (Å²) in [7, 11) is 1.77. The molecule has 2 fully saturated rings. The average Bonchev–Trinajstić information content (AvgIpc) is 2.88. The van der Waals surface area contributed by atoms with Gasteiger partial charge in [0.1, 0.15) is 30.0 Å². The van der Waals surface area contributed by atoms with E-state index in [2.05, 4.69) is 16.5 Å². The Kier molecular flexibility index (Phi) is 9.47. The van der Waals surface area contributed by atoms with E-state index >= 15 is 0 Å². The lowest BCUT2D eigenvalue weighted by atomic mass is 9.68. The molecular formula is C29H40ClN5O3S. The van der Waals surface area contributed by atoms with Crippen molar-refractivity contribution in [1.29, 1.82) is 5.41 Å². The first-order chi connectivity index (χ1) is 18.6. The van der Waals surface area contributed by atoms with Crippen LogP contribution in [-0.2, 0) is 0 Å². The van der Waals surface area contributed by atoms with Crippen molar-refractivity contribution in [2.75, 3.05) is 44.4 Å². The molecule has 1 saturated heterocycles. The van der Waals surface area contributed by atoms with Crippen LogP contribution in [-0.4, -0.2) is 76.8 Å². The van der Waals surface area contributed by atoms with E-state index in [9.17, 15) is 10.2 Å². The van der Waals surface area contributed by atoms with Crippen molar-refractivity contribution >= 4 is 40.5 Å². The van der Waals surface area contributed by atoms with Crippen LogP contribution in [0, 0.1) is 17.7 Å². The summed E-state index contributed by atoms with van der Waals surface area (Å²) in [5, 5.41) is 33.1. The molecule has 0 radical (unpaired) electrons. The molecule has 212 valence electrons. The summed E-state index contributed by atoms with van der Waals surface area (Å²) in [6.45, 7) is 7.61. The van der Waals surface area contributed by atoms with Gasteiger partial charge in [-0.15, -0.1) is 0 Å². The molecule has 0 amide bonds. The summed E-state index contributed by atoms with van der Waals surface area (Å²) in [6.07, 6.45) is 6.52. The minimum Gasteiger partial charge on any atom is -0.512 e. The van der Waals surface area contributed by atoms with Gasteiger partial charge in [-0.25, -0.2) is 9.97 Å². The van der Waals surface area contributed by atoms with Crippen LogP contribution in [0.3, 0.4) is 0 Å². The molecule has 0 bridgehead atoms. The number of aliphatic hydroxyl groups excluding tert-OH is 2. The number of nitrogens with zero attached hydrogens (tertiary/aromatic N) is 3. The lowest BCUT2D eigenvalue weighted by Gasteiger charge is -2.54. The summed E-state index contributed by atoms with van der Waals surface area (Å²) in [6, 6.07) is 5.27. The Balaban J connectivity index is 1.72. The molecule has 1 saturated carbocycles. The zero-order valence-electron chi connectivity index (χ0n) is 23.5. The Morgan fingerprint density at radius 1 is 1.28 bits per heavy atom. The molecular weight excluding hydrogens is 534 g/mol. The maximum absolute atomic E-state index is 10.5. The number of allylic oxidation sites excluding steroid dienone is 2. The molecule has 2 aromatic rings. The van der Waals surface area contributed by atoms with Crippen molar-refractivity contribution in [2.45, 2.75) is 57.8 Å². The summed E-state index contributed by atoms with van der Waals surface area (Å²) in [5.41, 5.74) is 2.90. The van der Waals surface area contributed by atoms with Gasteiger partial charge in [0.15, 0.2) is 5.82 Å². The molecule has 39 heavy (non-hydrogen) atoms. The van der Waals surface area contributed by atoms with E-state index in [0.717, 1.165) is 29.7 Å². The van der Waals surface area contributed by atoms with Crippen molar-refractivity contribution in [1.82, 2.24) is 15.3 Å². The Morgan fingerprint density at radius 2 is 1.97 bits per heavy atom. The molecule has 10 heteroatoms. The Bertz CT molecular complexity index is 1230. The van der Waals surface area contributed by atoms with E-state index in [4.69, 9.17) is 31.7 Å². The second-order valence-electron chi connectivity index (χ2n) is 10.9. The number of hydrogen-bond acceptors (Lipinski definition) is 9. The van der Waals surface area contributed by atoms with Crippen molar-refractivity contribution < 1.29 is 14.9 Å². The van der Waals surface area contributed by atoms with Crippen molar-refractivity contribution in [3.63, 3.8) is 0 Å². The number of anilines is 1. The summed E-state index contributed by atoms with van der Waals surface area (Å²) in [5.74, 6) is 1.80. The molecule has 2 heterocycles. The second kappa shape index (κ2) is 12.5. The zero-order chi connectivity index (χ0) is 28.3. The smallest absolute Gasteiger partial charge is 0.163 e. The van der Waals surface area contributed by atoms with E-state index in [1.165, 1.54) is 25.7 Å². The number of aliphatic hydroxyl groups is 2. The van der Waals surface area contributed by atoms with E-state index < -0.39 is 6.10 Å². The van der Waals surface area contributed by atoms with Crippen LogP contribution >= 0.6 is 23.4 Å². The van der Waals surface area contributed by atoms with E-state index in [0.29, 0.717) is 45.4 Å². The quantitative estimate of drug-likeness (QED) is 0.217. The number of rotatable bonds is 10. The van der Waals surface area contributed by atoms with E-state index in [1.54, 1.807) is 39.1 Å². The lowest BCUT2D eigenvalue weighted by molar-refractivity contribution is 0.108. The van der Waals surface area contributed by atoms with E-state index in [1.807, 2.05) is 18.7 Å². The van der Waals surface area contributed by atoms with Gasteiger partial charge < -0.3 is 30.6 Å². The summed E-state index contributed by atoms with van der Waals surface area (Å²) >= 11 is 8.63. The van der Waals surface area contributed by atoms with Crippen LogP contribution in [0.1, 0.15) is 50.8 Å². The van der Waals surface area contributed by atoms with Crippen LogP contribution < -0.4 is 15.0 Å². The van der Waals surface area contributed by atoms with Crippen molar-refractivity contribution in [3.05, 3.63) is 40.2 Å². The first kappa shape index (κ1) is 29.6. The third-order valence-electron chi connectivity index (χ3n) is 7.83. The van der Waals surface area contributed by atoms with Gasteiger partial charge in [-0.1, -0.05) is 11.6 Å². The average molecular weight is 574 g/mol. The molecule has 4 N–H and O–H groups in total. The van der Waals surface area contributed by atoms with Gasteiger partial charge in [0.2, 0.25) is 0 Å². The van der Waals surface area contributed by atoms with Crippen LogP contribution in [0.4, 0.5) is 5.82 Å². The highest BCUT2D eigenvalue weighted by Gasteiger charge is 2.46. The molecule has 0 unspecified atom stereocenters. The highest BCUT2D eigenvalue weighted by molar-refractivity contribution is 7.99. The number of ether oxygens (including phenoxy) is 1. The Morgan fingerprint density at radius 3 is 2.56 bits per heavy atom. The van der Waals surface area contributed by atoms with Gasteiger partial charge in [-0.05, 0) is 78.0 Å². The van der Waals surface area contributed by atoms with Gasteiger partial charge in [0.25, 0.3) is 0 Å². The second-order valence-corrected chi connectivity index (χ2v) is 12.4. The van der Waals surface area contributed by atoms with Gasteiger partial charge in [-0.3, -0.25) is 0 Å². The number of likely N-dealkylation sites (N-methyl/N-ethyl adjacent to an activating group) is 1. The van der Waals surface area contributed by atoms with Gasteiger partial charge in [-0.2, -0.15) is 11.8 Å². The molecule has 1 aliphatic carbocycles. The lowest BCUT2D eigenvalue weighted by Crippen LogP contribution is -2.58. The third kappa shape index (κ3) is 6.53. The molecule has 1 atom stereocenters. The fourth-order valence-electron chi connectivity index (χ4n) is 5.72. The first-order valence-corrected chi connectivity index (χ1v) is 15.1. The number of benzene rings is 1. The van der Waals surface area contributed by atoms with Crippen molar-refractivity contribution in [3.8, 4) is 17.1 Å². The minimum atomic E-state index is -0.650. The predicted molar refractivity (Wildman–Crippen MR) is 162 cm³/mol. The molecule has 1 aromatic carbocycles. The SMILES string of the molecule is CNC[C@@H](O)COc1ccc(Cl)c(-c2nc(/C(C(C)=N)=C(\C)O)c(C)c(N3CC4(CCC(SC)CC4)C3)n2)c1. The fraction of sp³-hybridized carbons (Fsp3) is 0.552. The maximum Gasteiger partial charge on any atom is 0.163 e. The van der Waals surface area contributed by atoms with Crippen LogP contribution in [0.5, 0.6) is 5.75 Å². The number of nitrogens with one attached hydrogen (secondary N) is 2. The van der Waals surface area contributed by atoms with Crippen LogP contribution in [0.2, 0.25) is 5.02 Å². The highest BCUT2D eigenvalue weighted by atomic mass is 35.5. The monoisotopic (exact) mass is 573 g/mol. The fourth-order valence-corrected chi connectivity index (χ4v) is 6.63. The van der Waals surface area contributed by atoms with Gasteiger partial charge >= 0.3 is 0 Å². The minimum absolute atomic E-state index is 0.0402. The molecule has 1 spiro atoms.